The Morgan fingerprint density at radius 1 is 1.29 bits per heavy atom. The van der Waals surface area contributed by atoms with Crippen LogP contribution in [0.2, 0.25) is 0 Å². The molecule has 2 aliphatic rings. The second kappa shape index (κ2) is 10.9. The second-order valence-electron chi connectivity index (χ2n) is 7.82. The van der Waals surface area contributed by atoms with Crippen LogP contribution in [0.1, 0.15) is 40.0 Å². The van der Waals surface area contributed by atoms with E-state index in [1.165, 1.54) is 6.08 Å². The predicted octanol–water partition coefficient (Wildman–Crippen LogP) is 3.11. The summed E-state index contributed by atoms with van der Waals surface area (Å²) in [7, 11) is 0. The van der Waals surface area contributed by atoms with Crippen LogP contribution < -0.4 is 0 Å². The van der Waals surface area contributed by atoms with E-state index in [-0.39, 0.29) is 23.3 Å². The van der Waals surface area contributed by atoms with E-state index in [0.717, 1.165) is 24.0 Å². The van der Waals surface area contributed by atoms with Crippen molar-refractivity contribution in [3.63, 3.8) is 0 Å². The topological polar surface area (TPSA) is 99.1 Å². The lowest BCUT2D eigenvalue weighted by molar-refractivity contribution is -0.148. The van der Waals surface area contributed by atoms with E-state index in [1.54, 1.807) is 6.92 Å². The van der Waals surface area contributed by atoms with Crippen molar-refractivity contribution in [2.75, 3.05) is 13.2 Å². The van der Waals surface area contributed by atoms with Crippen molar-refractivity contribution in [2.24, 2.45) is 5.92 Å². The van der Waals surface area contributed by atoms with Crippen molar-refractivity contribution in [1.82, 2.24) is 0 Å². The molecule has 2 rings (SSSR count). The second-order valence-corrected chi connectivity index (χ2v) is 7.82. The van der Waals surface area contributed by atoms with Gasteiger partial charge in [-0.15, -0.1) is 0 Å². The lowest BCUT2D eigenvalue weighted by atomic mass is 9.85. The SMILES string of the molecule is C=C(COC(=O)C(=CC)CO)C(=O)OC1CC(C)=CCCC(C)=CC2OC(=O)C(=C)C21. The highest BCUT2D eigenvalue weighted by Gasteiger charge is 2.44. The van der Waals surface area contributed by atoms with E-state index < -0.39 is 42.6 Å². The fourth-order valence-corrected chi connectivity index (χ4v) is 3.53. The number of carbonyl (C=O) groups is 3. The summed E-state index contributed by atoms with van der Waals surface area (Å²) < 4.78 is 16.2. The molecule has 0 bridgehead atoms. The van der Waals surface area contributed by atoms with Crippen LogP contribution in [0.3, 0.4) is 0 Å². The maximum atomic E-state index is 12.7. The van der Waals surface area contributed by atoms with Crippen LogP contribution in [0.25, 0.3) is 0 Å². The van der Waals surface area contributed by atoms with Gasteiger partial charge in [0.25, 0.3) is 0 Å². The third kappa shape index (κ3) is 6.28. The van der Waals surface area contributed by atoms with Gasteiger partial charge >= 0.3 is 17.9 Å². The summed E-state index contributed by atoms with van der Waals surface area (Å²) in [6.07, 6.45) is 6.25. The highest BCUT2D eigenvalue weighted by molar-refractivity contribution is 5.92. The van der Waals surface area contributed by atoms with Gasteiger partial charge in [0.1, 0.15) is 18.8 Å². The molecule has 0 aromatic rings. The van der Waals surface area contributed by atoms with E-state index in [4.69, 9.17) is 19.3 Å². The Kier molecular flexibility index (Phi) is 8.56. The zero-order valence-electron chi connectivity index (χ0n) is 18.3. The summed E-state index contributed by atoms with van der Waals surface area (Å²) in [6, 6.07) is 0. The molecule has 3 atom stereocenters. The van der Waals surface area contributed by atoms with Gasteiger partial charge in [0.2, 0.25) is 0 Å². The maximum Gasteiger partial charge on any atom is 0.337 e. The molecule has 7 nitrogen and oxygen atoms in total. The fourth-order valence-electron chi connectivity index (χ4n) is 3.53. The van der Waals surface area contributed by atoms with Gasteiger partial charge < -0.3 is 19.3 Å². The Balaban J connectivity index is 2.16. The molecule has 1 aliphatic carbocycles. The van der Waals surface area contributed by atoms with E-state index in [0.29, 0.717) is 6.42 Å². The Morgan fingerprint density at radius 2 is 2.00 bits per heavy atom. The van der Waals surface area contributed by atoms with Crippen molar-refractivity contribution in [3.8, 4) is 0 Å². The predicted molar refractivity (Wildman–Crippen MR) is 115 cm³/mol. The number of aliphatic hydroxyl groups excluding tert-OH is 1. The number of hydrogen-bond donors (Lipinski definition) is 1. The molecule has 1 N–H and O–H groups in total. The number of ether oxygens (including phenoxy) is 3. The number of hydrogen-bond acceptors (Lipinski definition) is 7. The molecule has 0 spiro atoms. The molecule has 31 heavy (non-hydrogen) atoms. The molecule has 1 saturated heterocycles. The van der Waals surface area contributed by atoms with Gasteiger partial charge in [0.15, 0.2) is 0 Å². The zero-order valence-corrected chi connectivity index (χ0v) is 18.3. The summed E-state index contributed by atoms with van der Waals surface area (Å²) in [5.74, 6) is -2.50. The summed E-state index contributed by atoms with van der Waals surface area (Å²) in [4.78, 5) is 36.7. The molecule has 7 heteroatoms. The van der Waals surface area contributed by atoms with Crippen LogP contribution >= 0.6 is 0 Å². The number of rotatable bonds is 6. The minimum absolute atomic E-state index is 0.0559. The number of allylic oxidation sites excluding steroid dienone is 3. The standard InChI is InChI=1S/C24H30O7/c1-6-18(12-25)24(28)29-13-16(4)22(26)30-19-10-14(2)8-7-9-15(3)11-20-21(19)17(5)23(27)31-20/h6,8,11,19-21,25H,4-5,7,9-10,12-13H2,1-3H3. The van der Waals surface area contributed by atoms with Gasteiger partial charge in [-0.25, -0.2) is 14.4 Å². The molecule has 1 heterocycles. The Labute approximate surface area is 182 Å². The first-order valence-corrected chi connectivity index (χ1v) is 10.2. The average molecular weight is 430 g/mol. The molecule has 0 radical (unpaired) electrons. The lowest BCUT2D eigenvalue weighted by Crippen LogP contribution is -2.34. The van der Waals surface area contributed by atoms with Crippen LogP contribution in [0.15, 0.2) is 59.3 Å². The van der Waals surface area contributed by atoms with Crippen LogP contribution in [-0.2, 0) is 28.6 Å². The third-order valence-electron chi connectivity index (χ3n) is 5.37. The highest BCUT2D eigenvalue weighted by atomic mass is 16.6. The molecular weight excluding hydrogens is 400 g/mol. The molecular formula is C24H30O7. The van der Waals surface area contributed by atoms with Crippen LogP contribution in [0.5, 0.6) is 0 Å². The molecule has 3 unspecified atom stereocenters. The van der Waals surface area contributed by atoms with E-state index >= 15 is 0 Å². The first-order valence-electron chi connectivity index (χ1n) is 10.2. The average Bonchev–Trinajstić information content (AvgIpc) is 2.99. The Bertz CT molecular complexity index is 859. The van der Waals surface area contributed by atoms with Gasteiger partial charge in [-0.3, -0.25) is 0 Å². The number of aliphatic hydroxyl groups is 1. The van der Waals surface area contributed by atoms with E-state index in [1.807, 2.05) is 19.9 Å². The van der Waals surface area contributed by atoms with Gasteiger partial charge in [-0.05, 0) is 39.7 Å². The van der Waals surface area contributed by atoms with E-state index in [2.05, 4.69) is 19.2 Å². The minimum atomic E-state index is -0.736. The number of fused-ring (bicyclic) bond motifs is 1. The summed E-state index contributed by atoms with van der Waals surface area (Å²) in [6.45, 7) is 12.2. The third-order valence-corrected chi connectivity index (χ3v) is 5.37. The van der Waals surface area contributed by atoms with Crippen molar-refractivity contribution >= 4 is 17.9 Å². The summed E-state index contributed by atoms with van der Waals surface area (Å²) >= 11 is 0. The molecule has 0 saturated carbocycles. The van der Waals surface area contributed by atoms with Gasteiger partial charge in [0, 0.05) is 12.0 Å². The van der Waals surface area contributed by atoms with Crippen molar-refractivity contribution in [3.05, 3.63) is 59.3 Å². The smallest absolute Gasteiger partial charge is 0.337 e. The molecule has 0 aromatic carbocycles. The van der Waals surface area contributed by atoms with Gasteiger partial charge in [-0.1, -0.05) is 36.5 Å². The molecule has 168 valence electrons. The van der Waals surface area contributed by atoms with Crippen molar-refractivity contribution in [2.45, 2.75) is 52.2 Å². The first-order chi connectivity index (χ1) is 14.7. The van der Waals surface area contributed by atoms with Gasteiger partial charge in [-0.2, -0.15) is 0 Å². The normalized spacial score (nSPS) is 24.4. The van der Waals surface area contributed by atoms with Crippen LogP contribution in [-0.4, -0.2) is 48.4 Å². The highest BCUT2D eigenvalue weighted by Crippen LogP contribution is 2.36. The molecule has 0 aromatic heterocycles. The number of carbonyl (C=O) groups excluding carboxylic acids is 3. The largest absolute Gasteiger partial charge is 0.458 e. The maximum absolute atomic E-state index is 12.7. The van der Waals surface area contributed by atoms with Crippen molar-refractivity contribution in [1.29, 1.82) is 0 Å². The zero-order chi connectivity index (χ0) is 23.1. The van der Waals surface area contributed by atoms with Gasteiger partial charge in [0.05, 0.1) is 23.7 Å². The summed E-state index contributed by atoms with van der Waals surface area (Å²) in [5.41, 5.74) is 2.39. The molecule has 1 aliphatic heterocycles. The lowest BCUT2D eigenvalue weighted by Gasteiger charge is -2.27. The molecule has 1 fully saturated rings. The van der Waals surface area contributed by atoms with Crippen LogP contribution in [0, 0.1) is 5.92 Å². The number of esters is 3. The molecule has 0 amide bonds. The first kappa shape index (κ1) is 24.3. The minimum Gasteiger partial charge on any atom is -0.458 e. The fraction of sp³-hybridized carbons (Fsp3) is 0.458. The van der Waals surface area contributed by atoms with E-state index in [9.17, 15) is 14.4 Å². The Morgan fingerprint density at radius 3 is 2.65 bits per heavy atom. The van der Waals surface area contributed by atoms with Crippen LogP contribution in [0.4, 0.5) is 0 Å². The van der Waals surface area contributed by atoms with Crippen molar-refractivity contribution < 1.29 is 33.7 Å². The quantitative estimate of drug-likeness (QED) is 0.299. The Hall–Kier alpha value is -2.93. The summed E-state index contributed by atoms with van der Waals surface area (Å²) in [5, 5.41) is 9.12. The monoisotopic (exact) mass is 430 g/mol.